The molecule has 2 nitrogen and oxygen atoms in total. The van der Waals surface area contributed by atoms with Crippen molar-refractivity contribution in [2.75, 3.05) is 0 Å². The van der Waals surface area contributed by atoms with Gasteiger partial charge in [0.2, 0.25) is 0 Å². The molecule has 0 bridgehead atoms. The maximum atomic E-state index is 10.3. The first-order chi connectivity index (χ1) is 13.6. The highest BCUT2D eigenvalue weighted by atomic mass is 16.3. The van der Waals surface area contributed by atoms with Crippen LogP contribution in [0.2, 0.25) is 0 Å². The molecule has 5 unspecified atom stereocenters. The van der Waals surface area contributed by atoms with Crippen molar-refractivity contribution in [3.63, 3.8) is 0 Å². The van der Waals surface area contributed by atoms with Crippen LogP contribution in [0.1, 0.15) is 98.3 Å². The van der Waals surface area contributed by atoms with Crippen LogP contribution in [0.15, 0.2) is 35.5 Å². The smallest absolute Gasteiger partial charge is 0.0609 e. The second kappa shape index (κ2) is 9.10. The first kappa shape index (κ1) is 22.8. The summed E-state index contributed by atoms with van der Waals surface area (Å²) >= 11 is 0. The van der Waals surface area contributed by atoms with Gasteiger partial charge in [-0.1, -0.05) is 56.6 Å². The van der Waals surface area contributed by atoms with Gasteiger partial charge in [-0.2, -0.15) is 0 Å². The lowest BCUT2D eigenvalue weighted by Crippen LogP contribution is -2.33. The average Bonchev–Trinajstić information content (AvgIpc) is 2.97. The number of fused-ring (bicyclic) bond motifs is 1. The Balaban J connectivity index is 1.64. The lowest BCUT2D eigenvalue weighted by Gasteiger charge is -2.42. The van der Waals surface area contributed by atoms with Gasteiger partial charge < -0.3 is 10.2 Å². The van der Waals surface area contributed by atoms with Crippen LogP contribution in [0.4, 0.5) is 0 Å². The number of hydrogen-bond acceptors (Lipinski definition) is 2. The van der Waals surface area contributed by atoms with Crippen molar-refractivity contribution in [2.45, 2.75) is 110 Å². The Morgan fingerprint density at radius 1 is 1.17 bits per heavy atom. The summed E-state index contributed by atoms with van der Waals surface area (Å²) in [7, 11) is 0. The quantitative estimate of drug-likeness (QED) is 0.485. The van der Waals surface area contributed by atoms with E-state index < -0.39 is 5.60 Å². The number of hydrogen-bond donors (Lipinski definition) is 2. The van der Waals surface area contributed by atoms with E-state index in [2.05, 4.69) is 32.6 Å². The Kier molecular flexibility index (Phi) is 7.16. The molecule has 2 N–H and O–H groups in total. The molecule has 2 heteroatoms. The van der Waals surface area contributed by atoms with Crippen LogP contribution in [0.3, 0.4) is 0 Å². The summed E-state index contributed by atoms with van der Waals surface area (Å²) in [5.74, 6) is 1.89. The molecular weight excluding hydrogens is 356 g/mol. The van der Waals surface area contributed by atoms with E-state index >= 15 is 0 Å². The van der Waals surface area contributed by atoms with Gasteiger partial charge in [0.15, 0.2) is 0 Å². The fraction of sp³-hybridized carbons (Fsp3) is 0.778. The summed E-state index contributed by atoms with van der Waals surface area (Å²) < 4.78 is 0. The Bertz CT molecular complexity index is 650. The Labute approximate surface area is 179 Å². The van der Waals surface area contributed by atoms with Crippen LogP contribution in [0, 0.1) is 23.2 Å². The fourth-order valence-electron chi connectivity index (χ4n) is 6.39. The molecule has 3 saturated carbocycles. The molecule has 164 valence electrons. The van der Waals surface area contributed by atoms with Crippen molar-refractivity contribution in [3.05, 3.63) is 35.5 Å². The number of allylic oxidation sites excluding steroid dienone is 4. The molecule has 0 spiro atoms. The van der Waals surface area contributed by atoms with Crippen LogP contribution in [0.5, 0.6) is 0 Å². The molecule has 0 heterocycles. The van der Waals surface area contributed by atoms with E-state index in [4.69, 9.17) is 0 Å². The normalized spacial score (nSPS) is 38.6. The third kappa shape index (κ3) is 5.44. The number of unbranched alkanes of at least 4 members (excludes halogenated alkanes) is 1. The third-order valence-corrected chi connectivity index (χ3v) is 8.36. The molecule has 0 aromatic rings. The lowest BCUT2D eigenvalue weighted by atomic mass is 9.62. The second-order valence-electron chi connectivity index (χ2n) is 11.2. The monoisotopic (exact) mass is 400 g/mol. The molecule has 3 aliphatic rings. The predicted molar refractivity (Wildman–Crippen MR) is 123 cm³/mol. The van der Waals surface area contributed by atoms with E-state index in [-0.39, 0.29) is 6.10 Å². The minimum absolute atomic E-state index is 0.221. The molecule has 0 saturated heterocycles. The van der Waals surface area contributed by atoms with Crippen molar-refractivity contribution < 1.29 is 10.2 Å². The van der Waals surface area contributed by atoms with Crippen molar-refractivity contribution in [2.24, 2.45) is 23.2 Å². The van der Waals surface area contributed by atoms with Gasteiger partial charge in [0, 0.05) is 0 Å². The van der Waals surface area contributed by atoms with E-state index in [1.165, 1.54) is 56.1 Å². The maximum absolute atomic E-state index is 10.3. The van der Waals surface area contributed by atoms with Gasteiger partial charge in [-0.25, -0.2) is 0 Å². The molecule has 0 radical (unpaired) electrons. The van der Waals surface area contributed by atoms with Crippen molar-refractivity contribution in [3.8, 4) is 0 Å². The first-order valence-corrected chi connectivity index (χ1v) is 12.1. The SMILES string of the molecule is C=C1CC(C)C(O)C/C1=C\C=C1/CCCC2(C)C(CCCCC(C)(C)O)CCC12. The zero-order valence-corrected chi connectivity index (χ0v) is 19.3. The molecule has 29 heavy (non-hydrogen) atoms. The molecule has 0 aromatic carbocycles. The summed E-state index contributed by atoms with van der Waals surface area (Å²) in [6, 6.07) is 0. The second-order valence-corrected chi connectivity index (χ2v) is 11.2. The molecule has 5 atom stereocenters. The third-order valence-electron chi connectivity index (χ3n) is 8.36. The van der Waals surface area contributed by atoms with Gasteiger partial charge in [0.05, 0.1) is 11.7 Å². The minimum atomic E-state index is -0.523. The highest BCUT2D eigenvalue weighted by Gasteiger charge is 2.48. The fourth-order valence-corrected chi connectivity index (χ4v) is 6.39. The van der Waals surface area contributed by atoms with E-state index in [0.717, 1.165) is 37.5 Å². The summed E-state index contributed by atoms with van der Waals surface area (Å²) in [6.45, 7) is 12.8. The van der Waals surface area contributed by atoms with Gasteiger partial charge in [-0.05, 0) is 100 Å². The maximum Gasteiger partial charge on any atom is 0.0609 e. The van der Waals surface area contributed by atoms with Gasteiger partial charge in [-0.3, -0.25) is 0 Å². The molecule has 0 aromatic heterocycles. The van der Waals surface area contributed by atoms with E-state index in [1.807, 2.05) is 13.8 Å². The van der Waals surface area contributed by atoms with Crippen LogP contribution in [0.25, 0.3) is 0 Å². The van der Waals surface area contributed by atoms with Gasteiger partial charge in [-0.15, -0.1) is 0 Å². The molecule has 0 aliphatic heterocycles. The Morgan fingerprint density at radius 2 is 1.93 bits per heavy atom. The topological polar surface area (TPSA) is 40.5 Å². The Morgan fingerprint density at radius 3 is 2.66 bits per heavy atom. The largest absolute Gasteiger partial charge is 0.392 e. The number of aliphatic hydroxyl groups is 2. The van der Waals surface area contributed by atoms with Crippen LogP contribution in [-0.2, 0) is 0 Å². The number of rotatable bonds is 6. The Hall–Kier alpha value is -0.860. The zero-order chi connectivity index (χ0) is 21.2. The average molecular weight is 401 g/mol. The molecule has 3 rings (SSSR count). The van der Waals surface area contributed by atoms with Gasteiger partial charge in [0.1, 0.15) is 0 Å². The molecule has 3 aliphatic carbocycles. The highest BCUT2D eigenvalue weighted by molar-refractivity contribution is 5.36. The van der Waals surface area contributed by atoms with Crippen molar-refractivity contribution in [1.29, 1.82) is 0 Å². The molecular formula is C27H44O2. The summed E-state index contributed by atoms with van der Waals surface area (Å²) in [5.41, 5.74) is 4.05. The predicted octanol–water partition coefficient (Wildman–Crippen LogP) is 6.73. The van der Waals surface area contributed by atoms with Crippen LogP contribution >= 0.6 is 0 Å². The lowest BCUT2D eigenvalue weighted by molar-refractivity contribution is 0.0659. The number of aliphatic hydroxyl groups excluding tert-OH is 1. The van der Waals surface area contributed by atoms with Crippen molar-refractivity contribution in [1.82, 2.24) is 0 Å². The summed E-state index contributed by atoms with van der Waals surface area (Å²) in [5, 5.41) is 20.2. The molecule has 3 fully saturated rings. The van der Waals surface area contributed by atoms with E-state index in [1.54, 1.807) is 5.57 Å². The molecule has 0 amide bonds. The van der Waals surface area contributed by atoms with Crippen molar-refractivity contribution >= 4 is 0 Å². The van der Waals surface area contributed by atoms with E-state index in [9.17, 15) is 10.2 Å². The van der Waals surface area contributed by atoms with Gasteiger partial charge >= 0.3 is 0 Å². The summed E-state index contributed by atoms with van der Waals surface area (Å²) in [6.07, 6.45) is 17.4. The standard InChI is InChI=1S/C27H44O2/c1-19-17-20(2)25(28)18-22(19)12-11-21-9-8-16-27(5)23(13-14-24(21)27)10-6-7-15-26(3,4)29/h11-12,20,23-25,28-29H,1,6-10,13-18H2,2-5H3/b21-11+,22-12+. The van der Waals surface area contributed by atoms with E-state index in [0.29, 0.717) is 11.3 Å². The first-order valence-electron chi connectivity index (χ1n) is 12.1. The summed E-state index contributed by atoms with van der Waals surface area (Å²) in [4.78, 5) is 0. The van der Waals surface area contributed by atoms with Crippen LogP contribution in [-0.4, -0.2) is 21.9 Å². The highest BCUT2D eigenvalue weighted by Crippen LogP contribution is 2.58. The zero-order valence-electron chi connectivity index (χ0n) is 19.3. The minimum Gasteiger partial charge on any atom is -0.392 e. The van der Waals surface area contributed by atoms with Crippen LogP contribution < -0.4 is 0 Å². The van der Waals surface area contributed by atoms with Gasteiger partial charge in [0.25, 0.3) is 0 Å².